The molecule has 0 aliphatic heterocycles. The number of hydrogen-bond acceptors (Lipinski definition) is 1. The molecule has 0 aliphatic carbocycles. The van der Waals surface area contributed by atoms with E-state index in [1.807, 2.05) is 11.3 Å². The zero-order valence-corrected chi connectivity index (χ0v) is 11.5. The van der Waals surface area contributed by atoms with Gasteiger partial charge in [0.2, 0.25) is 0 Å². The van der Waals surface area contributed by atoms with Crippen molar-refractivity contribution >= 4 is 33.9 Å². The van der Waals surface area contributed by atoms with Gasteiger partial charge in [-0.05, 0) is 57.9 Å². The lowest BCUT2D eigenvalue weighted by molar-refractivity contribution is 0.413. The monoisotopic (exact) mass is 308 g/mol. The predicted molar refractivity (Wildman–Crippen MR) is 69.6 cm³/mol. The summed E-state index contributed by atoms with van der Waals surface area (Å²) in [4.78, 5) is 0. The van der Waals surface area contributed by atoms with Gasteiger partial charge in [-0.1, -0.05) is 27.2 Å². The lowest BCUT2D eigenvalue weighted by atomic mass is 9.78. The highest BCUT2D eigenvalue weighted by atomic mass is 127. The first-order valence-electron chi connectivity index (χ1n) is 4.87. The van der Waals surface area contributed by atoms with Gasteiger partial charge in [0.25, 0.3) is 0 Å². The highest BCUT2D eigenvalue weighted by Gasteiger charge is 2.26. The first kappa shape index (κ1) is 11.5. The molecule has 1 aromatic rings. The Morgan fingerprint density at radius 1 is 1.46 bits per heavy atom. The van der Waals surface area contributed by atoms with Gasteiger partial charge in [-0.15, -0.1) is 11.3 Å². The van der Waals surface area contributed by atoms with Gasteiger partial charge in [0.15, 0.2) is 0 Å². The molecular formula is C11H17IS. The van der Waals surface area contributed by atoms with Gasteiger partial charge < -0.3 is 0 Å². The van der Waals surface area contributed by atoms with Crippen LogP contribution in [0.4, 0.5) is 0 Å². The van der Waals surface area contributed by atoms with E-state index in [2.05, 4.69) is 54.8 Å². The van der Waals surface area contributed by atoms with Crippen molar-refractivity contribution in [3.63, 3.8) is 0 Å². The van der Waals surface area contributed by atoms with E-state index in [0.29, 0.717) is 5.41 Å². The fourth-order valence-corrected chi connectivity index (χ4v) is 3.82. The first-order valence-corrected chi connectivity index (χ1v) is 6.83. The molecule has 0 nitrogen and oxygen atoms in total. The zero-order chi connectivity index (χ0) is 9.90. The molecule has 1 aromatic heterocycles. The third-order valence-electron chi connectivity index (χ3n) is 2.85. The van der Waals surface area contributed by atoms with Crippen molar-refractivity contribution in [2.75, 3.05) is 0 Å². The van der Waals surface area contributed by atoms with E-state index in [9.17, 15) is 0 Å². The molecule has 1 rings (SSSR count). The van der Waals surface area contributed by atoms with Crippen LogP contribution in [-0.4, -0.2) is 0 Å². The summed E-state index contributed by atoms with van der Waals surface area (Å²) in [5.41, 5.74) is 1.97. The van der Waals surface area contributed by atoms with E-state index in [1.165, 1.54) is 22.1 Å². The second-order valence-corrected chi connectivity index (χ2v) is 6.50. The van der Waals surface area contributed by atoms with Gasteiger partial charge in [0.1, 0.15) is 0 Å². The summed E-state index contributed by atoms with van der Waals surface area (Å²) < 4.78 is 1.47. The molecule has 1 atom stereocenters. The Hall–Kier alpha value is 0.430. The van der Waals surface area contributed by atoms with Crippen LogP contribution in [0, 0.1) is 2.88 Å². The molecule has 0 saturated carbocycles. The maximum atomic E-state index is 2.46. The maximum Gasteiger partial charge on any atom is 0.0690 e. The number of halogens is 1. The second kappa shape index (κ2) is 4.78. The maximum absolute atomic E-state index is 2.46. The molecule has 74 valence electrons. The SMILES string of the molecule is CCCC(C)(CC)c1ccsc1I. The van der Waals surface area contributed by atoms with Crippen LogP contribution in [0.2, 0.25) is 0 Å². The minimum atomic E-state index is 0.408. The molecule has 0 saturated heterocycles. The van der Waals surface area contributed by atoms with E-state index < -0.39 is 0 Å². The molecule has 2 heteroatoms. The first-order chi connectivity index (χ1) is 6.14. The average molecular weight is 308 g/mol. The molecule has 13 heavy (non-hydrogen) atoms. The largest absolute Gasteiger partial charge is 0.137 e. The Morgan fingerprint density at radius 2 is 2.15 bits per heavy atom. The van der Waals surface area contributed by atoms with Crippen LogP contribution in [0.25, 0.3) is 0 Å². The van der Waals surface area contributed by atoms with Crippen LogP contribution in [-0.2, 0) is 5.41 Å². The molecule has 1 heterocycles. The summed E-state index contributed by atoms with van der Waals surface area (Å²) in [7, 11) is 0. The fraction of sp³-hybridized carbons (Fsp3) is 0.636. The van der Waals surface area contributed by atoms with Crippen molar-refractivity contribution in [3.8, 4) is 0 Å². The van der Waals surface area contributed by atoms with Crippen LogP contribution in [0.5, 0.6) is 0 Å². The van der Waals surface area contributed by atoms with Gasteiger partial charge in [-0.3, -0.25) is 0 Å². The summed E-state index contributed by atoms with van der Waals surface area (Å²) >= 11 is 4.32. The summed E-state index contributed by atoms with van der Waals surface area (Å²) in [6.45, 7) is 6.96. The fourth-order valence-electron chi connectivity index (χ4n) is 1.78. The molecule has 0 spiro atoms. The Balaban J connectivity index is 2.95. The normalized spacial score (nSPS) is 15.7. The minimum absolute atomic E-state index is 0.408. The standard InChI is InChI=1S/C11H17IS/c1-4-7-11(3,5-2)9-6-8-13-10(9)12/h6,8H,4-5,7H2,1-3H3. The van der Waals surface area contributed by atoms with E-state index in [-0.39, 0.29) is 0 Å². The predicted octanol–water partition coefficient (Wildman–Crippen LogP) is 4.82. The topological polar surface area (TPSA) is 0 Å². The van der Waals surface area contributed by atoms with E-state index in [0.717, 1.165) is 0 Å². The Morgan fingerprint density at radius 3 is 2.54 bits per heavy atom. The number of rotatable bonds is 4. The van der Waals surface area contributed by atoms with Crippen molar-refractivity contribution < 1.29 is 0 Å². The number of hydrogen-bond donors (Lipinski definition) is 0. The average Bonchev–Trinajstić information content (AvgIpc) is 2.52. The van der Waals surface area contributed by atoms with Crippen molar-refractivity contribution in [3.05, 3.63) is 19.9 Å². The molecule has 1 unspecified atom stereocenters. The van der Waals surface area contributed by atoms with Crippen LogP contribution in [0.3, 0.4) is 0 Å². The third kappa shape index (κ3) is 2.46. The van der Waals surface area contributed by atoms with Gasteiger partial charge in [-0.25, -0.2) is 0 Å². The van der Waals surface area contributed by atoms with Crippen LogP contribution in [0.1, 0.15) is 45.6 Å². The highest BCUT2D eigenvalue weighted by molar-refractivity contribution is 14.1. The van der Waals surface area contributed by atoms with Crippen molar-refractivity contribution in [2.45, 2.75) is 45.4 Å². The van der Waals surface area contributed by atoms with Crippen molar-refractivity contribution in [1.29, 1.82) is 0 Å². The molecule has 0 radical (unpaired) electrons. The van der Waals surface area contributed by atoms with E-state index in [1.54, 1.807) is 5.56 Å². The Kier molecular flexibility index (Phi) is 4.23. The third-order valence-corrected chi connectivity index (χ3v) is 4.89. The summed E-state index contributed by atoms with van der Waals surface area (Å²) in [5, 5.41) is 2.21. The summed E-state index contributed by atoms with van der Waals surface area (Å²) in [6.07, 6.45) is 3.82. The molecular weight excluding hydrogens is 291 g/mol. The second-order valence-electron chi connectivity index (χ2n) is 3.77. The smallest absolute Gasteiger partial charge is 0.0690 e. The summed E-state index contributed by atoms with van der Waals surface area (Å²) in [6, 6.07) is 2.30. The van der Waals surface area contributed by atoms with Crippen LogP contribution < -0.4 is 0 Å². The van der Waals surface area contributed by atoms with Gasteiger partial charge in [-0.2, -0.15) is 0 Å². The Bertz CT molecular complexity index is 267. The molecule has 0 fully saturated rings. The lowest BCUT2D eigenvalue weighted by Gasteiger charge is -2.27. The van der Waals surface area contributed by atoms with Crippen molar-refractivity contribution in [2.24, 2.45) is 0 Å². The van der Waals surface area contributed by atoms with Gasteiger partial charge in [0.05, 0.1) is 2.88 Å². The molecule has 0 N–H and O–H groups in total. The van der Waals surface area contributed by atoms with Crippen molar-refractivity contribution in [1.82, 2.24) is 0 Å². The minimum Gasteiger partial charge on any atom is -0.137 e. The zero-order valence-electron chi connectivity index (χ0n) is 8.56. The van der Waals surface area contributed by atoms with E-state index >= 15 is 0 Å². The summed E-state index contributed by atoms with van der Waals surface area (Å²) in [5.74, 6) is 0. The molecule has 0 aromatic carbocycles. The molecule has 0 bridgehead atoms. The molecule has 0 amide bonds. The Labute approximate surface area is 98.9 Å². The van der Waals surface area contributed by atoms with E-state index in [4.69, 9.17) is 0 Å². The van der Waals surface area contributed by atoms with Crippen LogP contribution in [0.15, 0.2) is 11.4 Å². The van der Waals surface area contributed by atoms with Gasteiger partial charge >= 0.3 is 0 Å². The quantitative estimate of drug-likeness (QED) is 0.700. The number of thiophene rings is 1. The van der Waals surface area contributed by atoms with Crippen LogP contribution >= 0.6 is 33.9 Å². The van der Waals surface area contributed by atoms with Gasteiger partial charge in [0, 0.05) is 0 Å². The highest BCUT2D eigenvalue weighted by Crippen LogP contribution is 2.37. The lowest BCUT2D eigenvalue weighted by Crippen LogP contribution is -2.20. The molecule has 0 aliphatic rings.